The minimum atomic E-state index is -1.08. The Hall–Kier alpha value is 1.70. The van der Waals surface area contributed by atoms with E-state index < -0.39 is 8.69 Å². The molecule has 2 nitrogen and oxygen atoms in total. The van der Waals surface area contributed by atoms with Gasteiger partial charge in [-0.05, 0) is 0 Å². The molecule has 0 spiro atoms. The van der Waals surface area contributed by atoms with Crippen LogP contribution >= 0.6 is 8.69 Å². The summed E-state index contributed by atoms with van der Waals surface area (Å²) in [6.45, 7) is 0. The Bertz CT molecular complexity index is 13.5. The SMILES string of the molecule is O=P[O-].[K+]. The van der Waals surface area contributed by atoms with E-state index in [0.717, 1.165) is 0 Å². The van der Waals surface area contributed by atoms with Gasteiger partial charge in [-0.2, -0.15) is 0 Å². The third-order valence-electron chi connectivity index (χ3n) is 0. The third kappa shape index (κ3) is 9.34. The molecule has 0 aromatic rings. The maximum Gasteiger partial charge on any atom is 1.00 e. The molecule has 4 heavy (non-hydrogen) atoms. The molecule has 0 amide bonds. The van der Waals surface area contributed by atoms with Crippen LogP contribution < -0.4 is 56.3 Å². The molecule has 0 rings (SSSR count). The average Bonchev–Trinajstić information content (AvgIpc) is 0.918. The van der Waals surface area contributed by atoms with E-state index in [1.54, 1.807) is 0 Å². The van der Waals surface area contributed by atoms with E-state index in [0.29, 0.717) is 0 Å². The van der Waals surface area contributed by atoms with E-state index >= 15 is 0 Å². The summed E-state index contributed by atoms with van der Waals surface area (Å²) < 4.78 is 8.35. The van der Waals surface area contributed by atoms with Crippen LogP contribution in [0.15, 0.2) is 0 Å². The van der Waals surface area contributed by atoms with E-state index in [4.69, 9.17) is 9.46 Å². The third-order valence-corrected chi connectivity index (χ3v) is 0. The second kappa shape index (κ2) is 8.83. The predicted molar refractivity (Wildman–Crippen MR) is 7.61 cm³/mol. The molecule has 0 aliphatic rings. The summed E-state index contributed by atoms with van der Waals surface area (Å²) in [6, 6.07) is 0. The Morgan fingerprint density at radius 1 is 1.75 bits per heavy atom. The summed E-state index contributed by atoms with van der Waals surface area (Å²) in [7, 11) is -1.08. The zero-order valence-corrected chi connectivity index (χ0v) is 6.28. The number of rotatable bonds is 0. The van der Waals surface area contributed by atoms with Gasteiger partial charge >= 0.3 is 51.4 Å². The molecule has 0 aromatic carbocycles. The minimum absolute atomic E-state index is 0. The molecule has 18 valence electrons. The Balaban J connectivity index is 0. The fourth-order valence-electron chi connectivity index (χ4n) is 0. The Morgan fingerprint density at radius 2 is 1.75 bits per heavy atom. The van der Waals surface area contributed by atoms with Gasteiger partial charge in [0.2, 0.25) is 0 Å². The molecule has 0 aliphatic carbocycles. The van der Waals surface area contributed by atoms with E-state index in [2.05, 4.69) is 0 Å². The molecule has 0 aromatic heterocycles. The maximum absolute atomic E-state index is 8.35. The van der Waals surface area contributed by atoms with Gasteiger partial charge in [-0.3, -0.25) is 4.57 Å². The van der Waals surface area contributed by atoms with Crippen molar-refractivity contribution in [3.63, 3.8) is 0 Å². The molecular formula is KO2P. The molecular weight excluding hydrogens is 102 g/mol. The van der Waals surface area contributed by atoms with Crippen LogP contribution in [0.2, 0.25) is 0 Å². The van der Waals surface area contributed by atoms with Gasteiger partial charge in [-0.15, -0.1) is 0 Å². The summed E-state index contributed by atoms with van der Waals surface area (Å²) in [5, 5.41) is 0. The monoisotopic (exact) mass is 102 g/mol. The second-order valence-electron chi connectivity index (χ2n) is 0.0745. The van der Waals surface area contributed by atoms with E-state index in [9.17, 15) is 0 Å². The summed E-state index contributed by atoms with van der Waals surface area (Å²) in [5.74, 6) is 0. The van der Waals surface area contributed by atoms with Gasteiger partial charge in [-0.25, -0.2) is 0 Å². The average molecular weight is 102 g/mol. The van der Waals surface area contributed by atoms with Crippen molar-refractivity contribution in [1.82, 2.24) is 0 Å². The Kier molecular flexibility index (Phi) is 20.3. The first kappa shape index (κ1) is 9.20. The van der Waals surface area contributed by atoms with Crippen molar-refractivity contribution in [2.75, 3.05) is 0 Å². The zero-order valence-electron chi connectivity index (χ0n) is 2.26. The molecule has 0 heterocycles. The number of hydrogen-bond donors (Lipinski definition) is 0. The summed E-state index contributed by atoms with van der Waals surface area (Å²) >= 11 is 0. The van der Waals surface area contributed by atoms with E-state index in [1.165, 1.54) is 0 Å². The van der Waals surface area contributed by atoms with Crippen molar-refractivity contribution >= 4 is 8.69 Å². The first-order valence-corrected chi connectivity index (χ1v) is 1.10. The largest absolute Gasteiger partial charge is 1.00 e. The van der Waals surface area contributed by atoms with Crippen LogP contribution in [0.25, 0.3) is 0 Å². The van der Waals surface area contributed by atoms with Gasteiger partial charge in [0.05, 0.1) is 8.69 Å². The van der Waals surface area contributed by atoms with Gasteiger partial charge in [0.1, 0.15) is 0 Å². The van der Waals surface area contributed by atoms with Crippen molar-refractivity contribution in [2.45, 2.75) is 0 Å². The predicted octanol–water partition coefficient (Wildman–Crippen LogP) is -3.44. The first-order valence-electron chi connectivity index (χ1n) is 0.365. The summed E-state index contributed by atoms with van der Waals surface area (Å²) in [4.78, 5) is 8.35. The zero-order chi connectivity index (χ0) is 2.71. The molecule has 0 bridgehead atoms. The molecule has 0 unspecified atom stereocenters. The molecule has 0 atom stereocenters. The quantitative estimate of drug-likeness (QED) is 0.236. The van der Waals surface area contributed by atoms with Crippen LogP contribution in [0, 0.1) is 0 Å². The van der Waals surface area contributed by atoms with Gasteiger partial charge in [0.15, 0.2) is 0 Å². The van der Waals surface area contributed by atoms with Gasteiger partial charge < -0.3 is 4.89 Å². The first-order chi connectivity index (χ1) is 1.41. The maximum atomic E-state index is 8.35. The summed E-state index contributed by atoms with van der Waals surface area (Å²) in [6.07, 6.45) is 0. The molecule has 4 heteroatoms. The van der Waals surface area contributed by atoms with Gasteiger partial charge in [0.25, 0.3) is 0 Å². The molecule has 0 N–H and O–H groups in total. The minimum Gasteiger partial charge on any atom is -0.772 e. The van der Waals surface area contributed by atoms with Crippen LogP contribution in [0.5, 0.6) is 0 Å². The van der Waals surface area contributed by atoms with E-state index in [1.807, 2.05) is 0 Å². The fourth-order valence-corrected chi connectivity index (χ4v) is 0. The topological polar surface area (TPSA) is 40.1 Å². The molecule has 0 fully saturated rings. The van der Waals surface area contributed by atoms with Crippen LogP contribution in [0.3, 0.4) is 0 Å². The van der Waals surface area contributed by atoms with Crippen LogP contribution in [0.1, 0.15) is 0 Å². The van der Waals surface area contributed by atoms with Gasteiger partial charge in [0, 0.05) is 0 Å². The van der Waals surface area contributed by atoms with E-state index in [-0.39, 0.29) is 51.4 Å². The van der Waals surface area contributed by atoms with Crippen LogP contribution in [-0.4, -0.2) is 0 Å². The van der Waals surface area contributed by atoms with Crippen molar-refractivity contribution in [3.8, 4) is 0 Å². The Labute approximate surface area is 68.3 Å². The standard InChI is InChI=1S/K.HO2P/c;1-3-2/h;(H,1,2)/q+1;/p-1. The van der Waals surface area contributed by atoms with Crippen molar-refractivity contribution in [3.05, 3.63) is 0 Å². The molecule has 0 aliphatic heterocycles. The van der Waals surface area contributed by atoms with Crippen LogP contribution in [-0.2, 0) is 4.57 Å². The van der Waals surface area contributed by atoms with Crippen molar-refractivity contribution in [2.24, 2.45) is 0 Å². The summed E-state index contributed by atoms with van der Waals surface area (Å²) in [5.41, 5.74) is 0. The van der Waals surface area contributed by atoms with Crippen molar-refractivity contribution < 1.29 is 60.8 Å². The van der Waals surface area contributed by atoms with Gasteiger partial charge in [-0.1, -0.05) is 0 Å². The number of hydrogen-bond acceptors (Lipinski definition) is 2. The smallest absolute Gasteiger partial charge is 0.772 e. The molecule has 0 saturated carbocycles. The molecule has 0 radical (unpaired) electrons. The van der Waals surface area contributed by atoms with Crippen molar-refractivity contribution in [1.29, 1.82) is 0 Å². The Morgan fingerprint density at radius 3 is 1.75 bits per heavy atom. The second-order valence-corrected chi connectivity index (χ2v) is 0.224. The normalized spacial score (nSPS) is 5.25. The fraction of sp³-hybridized carbons (Fsp3) is 0. The molecule has 0 saturated heterocycles. The van der Waals surface area contributed by atoms with Crippen LogP contribution in [0.4, 0.5) is 0 Å².